The molecule has 0 aromatic heterocycles. The third-order valence-electron chi connectivity index (χ3n) is 8.27. The van der Waals surface area contributed by atoms with Gasteiger partial charge in [0.15, 0.2) is 0 Å². The second kappa shape index (κ2) is 22.7. The fourth-order valence-corrected chi connectivity index (χ4v) is 5.52. The molecule has 0 spiro atoms. The number of hydrogen-bond acceptors (Lipinski definition) is 12. The summed E-state index contributed by atoms with van der Waals surface area (Å²) in [6.07, 6.45) is -0.972. The summed E-state index contributed by atoms with van der Waals surface area (Å²) in [7, 11) is 0. The maximum atomic E-state index is 13.6. The SMILES string of the molecule is CC[C@H](C)[C@@H]1NC(=O)[C@H](C(C)C)NC(=O)[C@H](CS)NC(=O)[C@H](CS)NC(=O)[C@H](CCCCN)NC(=O)[C@H](CC(=O)O)NC(=O)[C@H](CC(=O)O)NC1=O. The van der Waals surface area contributed by atoms with Gasteiger partial charge in [0.1, 0.15) is 42.3 Å². The summed E-state index contributed by atoms with van der Waals surface area (Å²) in [4.78, 5) is 118. The second-order valence-corrected chi connectivity index (χ2v) is 13.5. The molecule has 1 saturated heterocycles. The number of thiol groups is 2. The molecule has 0 radical (unpaired) electrons. The summed E-state index contributed by atoms with van der Waals surface area (Å²) in [6.45, 7) is 6.79. The van der Waals surface area contributed by atoms with Crippen molar-refractivity contribution in [3.05, 3.63) is 0 Å². The molecule has 0 aliphatic carbocycles. The van der Waals surface area contributed by atoms with Crippen LogP contribution in [0.1, 0.15) is 66.2 Å². The van der Waals surface area contributed by atoms with Crippen LogP contribution in [0.3, 0.4) is 0 Å². The Bertz CT molecular complexity index is 1320. The number of aliphatic carboxylic acids is 2. The summed E-state index contributed by atoms with van der Waals surface area (Å²) < 4.78 is 0. The van der Waals surface area contributed by atoms with Gasteiger partial charge in [0, 0.05) is 11.5 Å². The molecule has 8 atom stereocenters. The van der Waals surface area contributed by atoms with E-state index in [1.165, 1.54) is 0 Å². The molecule has 294 valence electrons. The molecular weight excluding hydrogens is 725 g/mol. The summed E-state index contributed by atoms with van der Waals surface area (Å²) >= 11 is 8.31. The first-order chi connectivity index (χ1) is 24.4. The largest absolute Gasteiger partial charge is 0.481 e. The van der Waals surface area contributed by atoms with Gasteiger partial charge >= 0.3 is 11.9 Å². The van der Waals surface area contributed by atoms with E-state index in [9.17, 15) is 53.4 Å². The molecule has 11 N–H and O–H groups in total. The molecule has 0 bridgehead atoms. The smallest absolute Gasteiger partial charge is 0.305 e. The monoisotopic (exact) mass is 776 g/mol. The highest BCUT2D eigenvalue weighted by Gasteiger charge is 2.37. The fraction of sp³-hybridized carbons (Fsp3) is 0.710. The third kappa shape index (κ3) is 14.9. The number of carbonyl (C=O) groups excluding carboxylic acids is 7. The Balaban J connectivity index is 3.80. The molecule has 0 aromatic rings. The van der Waals surface area contributed by atoms with E-state index in [1.54, 1.807) is 27.7 Å². The van der Waals surface area contributed by atoms with Crippen LogP contribution in [0.5, 0.6) is 0 Å². The number of nitrogens with two attached hydrogens (primary N) is 1. The van der Waals surface area contributed by atoms with Crippen molar-refractivity contribution in [1.82, 2.24) is 37.2 Å². The van der Waals surface area contributed by atoms with E-state index in [2.05, 4.69) is 62.5 Å². The van der Waals surface area contributed by atoms with E-state index in [0.717, 1.165) is 0 Å². The average molecular weight is 777 g/mol. The number of carboxylic acid groups (broad SMARTS) is 2. The van der Waals surface area contributed by atoms with E-state index >= 15 is 0 Å². The minimum atomic E-state index is -1.86. The molecular formula is C31H52N8O11S2. The van der Waals surface area contributed by atoms with Gasteiger partial charge in [-0.25, -0.2) is 0 Å². The van der Waals surface area contributed by atoms with Crippen molar-refractivity contribution in [3.63, 3.8) is 0 Å². The minimum absolute atomic E-state index is 0.0303. The zero-order chi connectivity index (χ0) is 39.7. The highest BCUT2D eigenvalue weighted by molar-refractivity contribution is 7.80. The first kappa shape index (κ1) is 45.9. The molecule has 19 nitrogen and oxygen atoms in total. The van der Waals surface area contributed by atoms with Gasteiger partial charge in [0.25, 0.3) is 0 Å². The van der Waals surface area contributed by atoms with Crippen LogP contribution >= 0.6 is 25.3 Å². The average Bonchev–Trinajstić information content (AvgIpc) is 3.07. The molecule has 52 heavy (non-hydrogen) atoms. The molecule has 0 saturated carbocycles. The van der Waals surface area contributed by atoms with Crippen LogP contribution in [-0.2, 0) is 43.2 Å². The van der Waals surface area contributed by atoms with Crippen molar-refractivity contribution in [2.75, 3.05) is 18.1 Å². The number of nitrogens with one attached hydrogen (secondary N) is 7. The Hall–Kier alpha value is -4.11. The molecule has 7 amide bonds. The Kier molecular flexibility index (Phi) is 20.1. The number of amides is 7. The van der Waals surface area contributed by atoms with E-state index in [1.807, 2.05) is 0 Å². The standard InChI is InChI=1S/C31H52N8O11S2/c1-5-15(4)24-31(50)35-18(11-22(42)43)27(46)34-17(10-21(40)41)26(45)33-16(8-6-7-9-32)25(44)36-19(12-51)28(47)37-20(13-52)29(48)38-23(14(2)3)30(49)39-24/h14-20,23-24,51-52H,5-13,32H2,1-4H3,(H,33,45)(H,34,46)(H,35,50)(H,36,44)(H,37,47)(H,38,48)(H,39,49)(H,40,41)(H,42,43)/t15-,16-,17-,18-,19-,20-,23-,24-/m0/s1. The van der Waals surface area contributed by atoms with E-state index in [0.29, 0.717) is 19.3 Å². The summed E-state index contributed by atoms with van der Waals surface area (Å²) in [5, 5.41) is 35.9. The molecule has 1 heterocycles. The van der Waals surface area contributed by atoms with Crippen LogP contribution in [-0.4, -0.2) is 124 Å². The Morgan fingerprint density at radius 3 is 1.38 bits per heavy atom. The van der Waals surface area contributed by atoms with Gasteiger partial charge in [-0.3, -0.25) is 43.2 Å². The van der Waals surface area contributed by atoms with E-state index in [-0.39, 0.29) is 24.5 Å². The lowest BCUT2D eigenvalue weighted by molar-refractivity contribution is -0.144. The lowest BCUT2D eigenvalue weighted by Gasteiger charge is -2.30. The molecule has 1 aliphatic heterocycles. The highest BCUT2D eigenvalue weighted by Crippen LogP contribution is 2.12. The summed E-state index contributed by atoms with van der Waals surface area (Å²) in [5.74, 6) is -11.4. The van der Waals surface area contributed by atoms with Gasteiger partial charge in [-0.15, -0.1) is 0 Å². The van der Waals surface area contributed by atoms with Gasteiger partial charge < -0.3 is 53.2 Å². The van der Waals surface area contributed by atoms with Crippen molar-refractivity contribution in [2.24, 2.45) is 17.6 Å². The molecule has 1 aliphatic rings. The maximum absolute atomic E-state index is 13.6. The molecule has 0 unspecified atom stereocenters. The summed E-state index contributed by atoms with van der Waals surface area (Å²) in [6, 6.07) is -10.3. The number of carboxylic acids is 2. The summed E-state index contributed by atoms with van der Waals surface area (Å²) in [5.41, 5.74) is 5.58. The number of carbonyl (C=O) groups is 9. The van der Waals surface area contributed by atoms with Crippen LogP contribution in [0.15, 0.2) is 0 Å². The topological polar surface area (TPSA) is 304 Å². The Morgan fingerprint density at radius 1 is 0.596 bits per heavy atom. The van der Waals surface area contributed by atoms with E-state index in [4.69, 9.17) is 5.73 Å². The maximum Gasteiger partial charge on any atom is 0.305 e. The Labute approximate surface area is 312 Å². The van der Waals surface area contributed by atoms with Crippen molar-refractivity contribution in [1.29, 1.82) is 0 Å². The van der Waals surface area contributed by atoms with Crippen LogP contribution in [0.2, 0.25) is 0 Å². The highest BCUT2D eigenvalue weighted by atomic mass is 32.1. The number of rotatable bonds is 13. The zero-order valence-electron chi connectivity index (χ0n) is 29.6. The molecule has 1 rings (SSSR count). The van der Waals surface area contributed by atoms with Gasteiger partial charge in [-0.05, 0) is 37.6 Å². The van der Waals surface area contributed by atoms with Crippen molar-refractivity contribution in [2.45, 2.75) is 109 Å². The Morgan fingerprint density at radius 2 is 0.962 bits per heavy atom. The van der Waals surface area contributed by atoms with Gasteiger partial charge in [-0.1, -0.05) is 34.1 Å². The molecule has 1 fully saturated rings. The first-order valence-electron chi connectivity index (χ1n) is 16.9. The quantitative estimate of drug-likeness (QED) is 0.0660. The van der Waals surface area contributed by atoms with Gasteiger partial charge in [0.2, 0.25) is 41.4 Å². The van der Waals surface area contributed by atoms with Crippen LogP contribution in [0.4, 0.5) is 0 Å². The van der Waals surface area contributed by atoms with Crippen molar-refractivity contribution < 1.29 is 53.4 Å². The predicted molar refractivity (Wildman–Crippen MR) is 193 cm³/mol. The minimum Gasteiger partial charge on any atom is -0.481 e. The lowest BCUT2D eigenvalue weighted by atomic mass is 9.96. The van der Waals surface area contributed by atoms with Crippen molar-refractivity contribution >= 4 is 78.5 Å². The molecule has 0 aromatic carbocycles. The fourth-order valence-electron chi connectivity index (χ4n) is 5.00. The zero-order valence-corrected chi connectivity index (χ0v) is 31.4. The molecule has 21 heteroatoms. The van der Waals surface area contributed by atoms with E-state index < -0.39 is 120 Å². The van der Waals surface area contributed by atoms with Crippen LogP contribution in [0, 0.1) is 11.8 Å². The van der Waals surface area contributed by atoms with Crippen molar-refractivity contribution in [3.8, 4) is 0 Å². The van der Waals surface area contributed by atoms with Crippen LogP contribution < -0.4 is 43.0 Å². The lowest BCUT2D eigenvalue weighted by Crippen LogP contribution is -2.61. The van der Waals surface area contributed by atoms with Gasteiger partial charge in [-0.2, -0.15) is 25.3 Å². The first-order valence-corrected chi connectivity index (χ1v) is 18.1. The normalized spacial score (nSPS) is 26.7. The third-order valence-corrected chi connectivity index (χ3v) is 9.00. The van der Waals surface area contributed by atoms with Crippen LogP contribution in [0.25, 0.3) is 0 Å². The van der Waals surface area contributed by atoms with Gasteiger partial charge in [0.05, 0.1) is 12.8 Å². The second-order valence-electron chi connectivity index (χ2n) is 12.8. The number of hydrogen-bond donors (Lipinski definition) is 12. The predicted octanol–water partition coefficient (Wildman–Crippen LogP) is -2.97. The number of unbranched alkanes of at least 4 members (excludes halogenated alkanes) is 1.